The van der Waals surface area contributed by atoms with E-state index < -0.39 is 0 Å². The van der Waals surface area contributed by atoms with Gasteiger partial charge >= 0.3 is 0 Å². The first-order valence-corrected chi connectivity index (χ1v) is 9.27. The number of hydrogen-bond acceptors (Lipinski definition) is 3. The van der Waals surface area contributed by atoms with Crippen LogP contribution in [-0.4, -0.2) is 40.2 Å². The van der Waals surface area contributed by atoms with Gasteiger partial charge in [-0.05, 0) is 50.7 Å². The van der Waals surface area contributed by atoms with Crippen molar-refractivity contribution in [3.8, 4) is 0 Å². The van der Waals surface area contributed by atoms with Gasteiger partial charge in [-0.1, -0.05) is 6.42 Å². The topological polar surface area (TPSA) is 37.4 Å². The standard InChI is InChI=1S/C16H25NO2S/c18-14-8-5-6-12(14)13-7-1-3-10-17(13)16(19)15-9-2-4-11-20-15/h12-13,15H,1-11H2. The molecule has 2 saturated heterocycles. The number of thioether (sulfide) groups is 1. The van der Waals surface area contributed by atoms with Crippen molar-refractivity contribution in [1.82, 2.24) is 4.90 Å². The SMILES string of the molecule is O=C1CCCC1C1CCCCN1C(=O)C1CCCCS1. The fourth-order valence-electron chi connectivity index (χ4n) is 4.02. The first kappa shape index (κ1) is 14.4. The van der Waals surface area contributed by atoms with E-state index in [1.54, 1.807) is 0 Å². The van der Waals surface area contributed by atoms with Crippen LogP contribution in [0.2, 0.25) is 0 Å². The van der Waals surface area contributed by atoms with Gasteiger partial charge in [-0.25, -0.2) is 0 Å². The summed E-state index contributed by atoms with van der Waals surface area (Å²) in [6.07, 6.45) is 9.57. The van der Waals surface area contributed by atoms with Gasteiger partial charge in [0.25, 0.3) is 0 Å². The van der Waals surface area contributed by atoms with Gasteiger partial charge in [-0.3, -0.25) is 9.59 Å². The summed E-state index contributed by atoms with van der Waals surface area (Å²) in [5, 5.41) is 0.167. The molecule has 0 aromatic heterocycles. The highest BCUT2D eigenvalue weighted by Crippen LogP contribution is 2.35. The average molecular weight is 295 g/mol. The molecular weight excluding hydrogens is 270 g/mol. The lowest BCUT2D eigenvalue weighted by atomic mass is 9.88. The molecule has 2 aliphatic heterocycles. The number of likely N-dealkylation sites (tertiary alicyclic amines) is 1. The van der Waals surface area contributed by atoms with E-state index in [-0.39, 0.29) is 17.2 Å². The molecular formula is C16H25NO2S. The van der Waals surface area contributed by atoms with Crippen LogP contribution in [0.5, 0.6) is 0 Å². The second-order valence-electron chi connectivity index (χ2n) is 6.42. The molecule has 112 valence electrons. The van der Waals surface area contributed by atoms with Crippen molar-refractivity contribution < 1.29 is 9.59 Å². The lowest BCUT2D eigenvalue weighted by Crippen LogP contribution is -2.51. The minimum absolute atomic E-state index is 0.146. The van der Waals surface area contributed by atoms with Gasteiger partial charge in [0.2, 0.25) is 5.91 Å². The number of ketones is 1. The van der Waals surface area contributed by atoms with Crippen LogP contribution in [0.25, 0.3) is 0 Å². The molecule has 0 spiro atoms. The van der Waals surface area contributed by atoms with E-state index in [2.05, 4.69) is 4.90 Å². The first-order chi connectivity index (χ1) is 9.77. The number of carbonyl (C=O) groups is 2. The highest BCUT2D eigenvalue weighted by Gasteiger charge is 2.40. The van der Waals surface area contributed by atoms with Crippen molar-refractivity contribution in [3.63, 3.8) is 0 Å². The van der Waals surface area contributed by atoms with Crippen molar-refractivity contribution in [1.29, 1.82) is 0 Å². The van der Waals surface area contributed by atoms with Crippen LogP contribution in [-0.2, 0) is 9.59 Å². The number of rotatable bonds is 2. The Morgan fingerprint density at radius 3 is 2.60 bits per heavy atom. The van der Waals surface area contributed by atoms with E-state index in [1.165, 1.54) is 19.3 Å². The van der Waals surface area contributed by atoms with Crippen LogP contribution in [0.4, 0.5) is 0 Å². The molecule has 0 aromatic rings. The summed E-state index contributed by atoms with van der Waals surface area (Å²) >= 11 is 1.83. The monoisotopic (exact) mass is 295 g/mol. The van der Waals surface area contributed by atoms with Crippen LogP contribution in [0.1, 0.15) is 57.8 Å². The molecule has 0 aromatic carbocycles. The van der Waals surface area contributed by atoms with Crippen LogP contribution in [0.15, 0.2) is 0 Å². The largest absolute Gasteiger partial charge is 0.338 e. The van der Waals surface area contributed by atoms with E-state index in [4.69, 9.17) is 0 Å². The van der Waals surface area contributed by atoms with Gasteiger partial charge in [-0.15, -0.1) is 11.8 Å². The summed E-state index contributed by atoms with van der Waals surface area (Å²) < 4.78 is 0. The van der Waals surface area contributed by atoms with E-state index in [0.29, 0.717) is 11.7 Å². The Hall–Kier alpha value is -0.510. The molecule has 3 unspecified atom stereocenters. The van der Waals surface area contributed by atoms with E-state index in [1.807, 2.05) is 11.8 Å². The summed E-state index contributed by atoms with van der Waals surface area (Å²) in [5.41, 5.74) is 0. The first-order valence-electron chi connectivity index (χ1n) is 8.22. The van der Waals surface area contributed by atoms with Crippen LogP contribution < -0.4 is 0 Å². The molecule has 3 aliphatic rings. The number of carbonyl (C=O) groups excluding carboxylic acids is 2. The zero-order valence-electron chi connectivity index (χ0n) is 12.2. The second-order valence-corrected chi connectivity index (χ2v) is 7.73. The summed E-state index contributed by atoms with van der Waals surface area (Å²) in [6, 6.07) is 0.216. The Labute approximate surface area is 125 Å². The van der Waals surface area contributed by atoms with Gasteiger partial charge in [0.05, 0.1) is 5.25 Å². The zero-order valence-corrected chi connectivity index (χ0v) is 13.0. The highest BCUT2D eigenvalue weighted by molar-refractivity contribution is 8.00. The summed E-state index contributed by atoms with van der Waals surface area (Å²) in [5.74, 6) is 2.01. The predicted octanol–water partition coefficient (Wildman–Crippen LogP) is 3.02. The molecule has 1 aliphatic carbocycles. The van der Waals surface area contributed by atoms with Gasteiger partial charge < -0.3 is 4.90 Å². The Kier molecular flexibility index (Phi) is 4.69. The van der Waals surface area contributed by atoms with Crippen LogP contribution >= 0.6 is 11.8 Å². The minimum atomic E-state index is 0.146. The maximum absolute atomic E-state index is 12.8. The van der Waals surface area contributed by atoms with Crippen molar-refractivity contribution in [2.75, 3.05) is 12.3 Å². The Balaban J connectivity index is 1.71. The number of amides is 1. The van der Waals surface area contributed by atoms with E-state index in [9.17, 15) is 9.59 Å². The third kappa shape index (κ3) is 2.90. The van der Waals surface area contributed by atoms with Gasteiger partial charge in [-0.2, -0.15) is 0 Å². The molecule has 1 amide bonds. The molecule has 3 atom stereocenters. The van der Waals surface area contributed by atoms with E-state index in [0.717, 1.165) is 50.8 Å². The number of Topliss-reactive ketones (excluding diaryl/α,β-unsaturated/α-hetero) is 1. The molecule has 4 heteroatoms. The van der Waals surface area contributed by atoms with Crippen LogP contribution in [0, 0.1) is 5.92 Å². The Morgan fingerprint density at radius 2 is 1.90 bits per heavy atom. The van der Waals surface area contributed by atoms with Crippen molar-refractivity contribution >= 4 is 23.5 Å². The van der Waals surface area contributed by atoms with E-state index >= 15 is 0 Å². The summed E-state index contributed by atoms with van der Waals surface area (Å²) in [7, 11) is 0. The fraction of sp³-hybridized carbons (Fsp3) is 0.875. The fourth-order valence-corrected chi connectivity index (χ4v) is 5.29. The smallest absolute Gasteiger partial charge is 0.235 e. The van der Waals surface area contributed by atoms with Gasteiger partial charge in [0, 0.05) is 24.9 Å². The maximum atomic E-state index is 12.8. The average Bonchev–Trinajstić information content (AvgIpc) is 2.93. The lowest BCUT2D eigenvalue weighted by Gasteiger charge is -2.41. The molecule has 3 nitrogen and oxygen atoms in total. The Bertz CT molecular complexity index is 379. The molecule has 0 radical (unpaired) electrons. The molecule has 3 fully saturated rings. The summed E-state index contributed by atoms with van der Waals surface area (Å²) in [4.78, 5) is 27.0. The number of nitrogens with zero attached hydrogens (tertiary/aromatic N) is 1. The van der Waals surface area contributed by atoms with Gasteiger partial charge in [0.15, 0.2) is 0 Å². The predicted molar refractivity (Wildman–Crippen MR) is 81.8 cm³/mol. The molecule has 0 N–H and O–H groups in total. The maximum Gasteiger partial charge on any atom is 0.235 e. The lowest BCUT2D eigenvalue weighted by molar-refractivity contribution is -0.137. The zero-order chi connectivity index (χ0) is 13.9. The van der Waals surface area contributed by atoms with Crippen molar-refractivity contribution in [2.45, 2.75) is 69.1 Å². The minimum Gasteiger partial charge on any atom is -0.338 e. The molecule has 3 rings (SSSR count). The third-order valence-electron chi connectivity index (χ3n) is 5.10. The molecule has 2 heterocycles. The Morgan fingerprint density at radius 1 is 1.05 bits per heavy atom. The number of piperidine rings is 1. The molecule has 20 heavy (non-hydrogen) atoms. The second kappa shape index (κ2) is 6.50. The third-order valence-corrected chi connectivity index (χ3v) is 6.47. The van der Waals surface area contributed by atoms with Crippen LogP contribution in [0.3, 0.4) is 0 Å². The van der Waals surface area contributed by atoms with Gasteiger partial charge in [0.1, 0.15) is 5.78 Å². The normalized spacial score (nSPS) is 35.3. The highest BCUT2D eigenvalue weighted by atomic mass is 32.2. The van der Waals surface area contributed by atoms with Crippen molar-refractivity contribution in [3.05, 3.63) is 0 Å². The number of hydrogen-bond donors (Lipinski definition) is 0. The van der Waals surface area contributed by atoms with Crippen molar-refractivity contribution in [2.24, 2.45) is 5.92 Å². The molecule has 0 bridgehead atoms. The quantitative estimate of drug-likeness (QED) is 0.786. The molecule has 1 saturated carbocycles. The summed E-state index contributed by atoms with van der Waals surface area (Å²) in [6.45, 7) is 0.879.